The summed E-state index contributed by atoms with van der Waals surface area (Å²) in [5, 5.41) is 10.8. The second-order valence-electron chi connectivity index (χ2n) is 8.47. The number of benzene rings is 1. The quantitative estimate of drug-likeness (QED) is 0.339. The molecule has 0 radical (unpaired) electrons. The van der Waals surface area contributed by atoms with Gasteiger partial charge in [0.25, 0.3) is 5.91 Å². The summed E-state index contributed by atoms with van der Waals surface area (Å²) in [5.74, 6) is -1.59. The molecule has 0 saturated carbocycles. The van der Waals surface area contributed by atoms with Crippen LogP contribution in [0.3, 0.4) is 0 Å². The Kier molecular flexibility index (Phi) is 14.2. The van der Waals surface area contributed by atoms with Gasteiger partial charge in [-0.15, -0.1) is 0 Å². The van der Waals surface area contributed by atoms with E-state index in [0.717, 1.165) is 31.3 Å². The molecule has 1 aromatic carbocycles. The van der Waals surface area contributed by atoms with Gasteiger partial charge in [-0.05, 0) is 68.8 Å². The lowest BCUT2D eigenvalue weighted by Gasteiger charge is -2.43. The number of likely N-dealkylation sites (tertiary alicyclic amines) is 1. The lowest BCUT2D eigenvalue weighted by molar-refractivity contribution is -0.133. The summed E-state index contributed by atoms with van der Waals surface area (Å²) in [7, 11) is 0. The lowest BCUT2D eigenvalue weighted by Crippen LogP contribution is -2.55. The summed E-state index contributed by atoms with van der Waals surface area (Å²) in [6.45, 7) is 10.7. The van der Waals surface area contributed by atoms with Crippen molar-refractivity contribution in [2.45, 2.75) is 46.6 Å². The van der Waals surface area contributed by atoms with Crippen molar-refractivity contribution in [2.75, 3.05) is 32.8 Å². The van der Waals surface area contributed by atoms with E-state index >= 15 is 0 Å². The molecule has 0 spiro atoms. The highest BCUT2D eigenvalue weighted by atomic mass is 19.3. The molecule has 0 aliphatic carbocycles. The van der Waals surface area contributed by atoms with Crippen LogP contribution in [0.2, 0.25) is 0 Å². The number of nitrogens with zero attached hydrogens (tertiary/aromatic N) is 1. The molecule has 1 aromatic rings. The summed E-state index contributed by atoms with van der Waals surface area (Å²) in [5.41, 5.74) is 2.25. The first-order chi connectivity index (χ1) is 16.2. The van der Waals surface area contributed by atoms with Crippen molar-refractivity contribution in [2.24, 2.45) is 5.92 Å². The average Bonchev–Trinajstić information content (AvgIpc) is 2.77. The smallest absolute Gasteiger partial charge is 0.254 e. The van der Waals surface area contributed by atoms with E-state index in [1.165, 1.54) is 11.1 Å². The number of aliphatic hydroxyl groups is 1. The fraction of sp³-hybridized carbons (Fsp3) is 0.500. The van der Waals surface area contributed by atoms with Gasteiger partial charge in [0.1, 0.15) is 11.6 Å². The van der Waals surface area contributed by atoms with E-state index in [1.807, 2.05) is 6.92 Å². The number of carbonyl (C=O) groups is 1. The number of halogens is 3. The molecular formula is C26H37F3N2O3. The van der Waals surface area contributed by atoms with Gasteiger partial charge in [-0.2, -0.15) is 4.94 Å². The molecule has 1 aliphatic heterocycles. The normalized spacial score (nSPS) is 15.4. The zero-order valence-electron chi connectivity index (χ0n) is 20.5. The first kappa shape index (κ1) is 29.6. The number of unbranched alkanes of at least 4 members (excludes halogenated alkanes) is 1. The van der Waals surface area contributed by atoms with Crippen molar-refractivity contribution < 1.29 is 28.1 Å². The van der Waals surface area contributed by atoms with Crippen LogP contribution < -0.4 is 5.32 Å². The second-order valence-corrected chi connectivity index (χ2v) is 8.47. The highest BCUT2D eigenvalue weighted by Crippen LogP contribution is 2.23. The molecular weight excluding hydrogens is 445 g/mol. The average molecular weight is 483 g/mol. The summed E-state index contributed by atoms with van der Waals surface area (Å²) in [6.07, 6.45) is 9.58. The van der Waals surface area contributed by atoms with E-state index < -0.39 is 17.5 Å². The van der Waals surface area contributed by atoms with Crippen molar-refractivity contribution in [3.05, 3.63) is 70.8 Å². The molecule has 1 saturated heterocycles. The zero-order chi connectivity index (χ0) is 25.5. The van der Waals surface area contributed by atoms with Gasteiger partial charge < -0.3 is 10.4 Å². The Morgan fingerprint density at radius 2 is 2.00 bits per heavy atom. The maximum atomic E-state index is 13.6. The third kappa shape index (κ3) is 10.7. The minimum Gasteiger partial charge on any atom is -0.396 e. The van der Waals surface area contributed by atoms with E-state index in [9.17, 15) is 18.1 Å². The molecule has 1 fully saturated rings. The van der Waals surface area contributed by atoms with Gasteiger partial charge in [0.05, 0.1) is 12.2 Å². The van der Waals surface area contributed by atoms with Crippen LogP contribution in [-0.2, 0) is 4.94 Å². The van der Waals surface area contributed by atoms with Crippen LogP contribution in [0.15, 0.2) is 53.6 Å². The highest BCUT2D eigenvalue weighted by molar-refractivity contribution is 5.94. The van der Waals surface area contributed by atoms with E-state index in [2.05, 4.69) is 60.2 Å². The summed E-state index contributed by atoms with van der Waals surface area (Å²) < 4.78 is 37.6. The van der Waals surface area contributed by atoms with Gasteiger partial charge in [-0.3, -0.25) is 9.69 Å². The van der Waals surface area contributed by atoms with E-state index in [1.54, 1.807) is 0 Å². The van der Waals surface area contributed by atoms with Gasteiger partial charge in [0.2, 0.25) is 0 Å². The van der Waals surface area contributed by atoms with Crippen molar-refractivity contribution in [1.29, 1.82) is 0 Å². The van der Waals surface area contributed by atoms with E-state index in [-0.39, 0.29) is 18.8 Å². The predicted octanol–water partition coefficient (Wildman–Crippen LogP) is 5.14. The fourth-order valence-electron chi connectivity index (χ4n) is 3.37. The summed E-state index contributed by atoms with van der Waals surface area (Å²) in [6, 6.07) is 3.20. The van der Waals surface area contributed by atoms with Gasteiger partial charge in [0, 0.05) is 38.2 Å². The third-order valence-corrected chi connectivity index (χ3v) is 5.42. The molecule has 34 heavy (non-hydrogen) atoms. The maximum absolute atomic E-state index is 13.6. The number of nitrogens with one attached hydrogen (secondary N) is 1. The number of allylic oxidation sites excluding steroid dienone is 4. The second kappa shape index (κ2) is 16.2. The van der Waals surface area contributed by atoms with E-state index in [4.69, 9.17) is 5.11 Å². The number of carbonyl (C=O) groups excluding carboxylic acids is 1. The van der Waals surface area contributed by atoms with Gasteiger partial charge in [-0.1, -0.05) is 29.9 Å². The van der Waals surface area contributed by atoms with Crippen molar-refractivity contribution in [3.63, 3.8) is 0 Å². The zero-order valence-corrected chi connectivity index (χ0v) is 20.5. The molecule has 2 rings (SSSR count). The van der Waals surface area contributed by atoms with Crippen LogP contribution >= 0.6 is 0 Å². The summed E-state index contributed by atoms with van der Waals surface area (Å²) in [4.78, 5) is 17.6. The van der Waals surface area contributed by atoms with Crippen LogP contribution in [0, 0.1) is 17.6 Å². The summed E-state index contributed by atoms with van der Waals surface area (Å²) >= 11 is 0. The van der Waals surface area contributed by atoms with Crippen molar-refractivity contribution in [1.82, 2.24) is 10.2 Å². The van der Waals surface area contributed by atoms with Gasteiger partial charge >= 0.3 is 0 Å². The Morgan fingerprint density at radius 3 is 2.59 bits per heavy atom. The van der Waals surface area contributed by atoms with E-state index in [0.29, 0.717) is 31.3 Å². The number of amides is 1. The van der Waals surface area contributed by atoms with Crippen molar-refractivity contribution >= 4 is 5.91 Å². The molecule has 1 aliphatic rings. The molecule has 8 heteroatoms. The largest absolute Gasteiger partial charge is 0.396 e. The molecule has 5 nitrogen and oxygen atoms in total. The molecule has 1 atom stereocenters. The Hall–Kier alpha value is -2.42. The van der Waals surface area contributed by atoms with Gasteiger partial charge in [0.15, 0.2) is 0 Å². The Morgan fingerprint density at radius 1 is 1.29 bits per heavy atom. The SMILES string of the molecule is C/C=C(/C=C\C=C(C)C)C(C)N1CC(CNC(=O)c2cc(F)ccc2F)C1.OCCCCOF. The maximum Gasteiger partial charge on any atom is 0.254 e. The number of aliphatic hydroxyl groups excluding tert-OH is 1. The molecule has 1 unspecified atom stereocenters. The molecule has 1 amide bonds. The molecule has 1 heterocycles. The molecule has 2 N–H and O–H groups in total. The number of hydrogen-bond donors (Lipinski definition) is 2. The van der Waals surface area contributed by atoms with Crippen LogP contribution in [0.4, 0.5) is 13.3 Å². The van der Waals surface area contributed by atoms with Crippen LogP contribution in [0.5, 0.6) is 0 Å². The van der Waals surface area contributed by atoms with Crippen LogP contribution in [0.25, 0.3) is 0 Å². The first-order valence-electron chi connectivity index (χ1n) is 11.5. The predicted molar refractivity (Wildman–Crippen MR) is 129 cm³/mol. The first-order valence-corrected chi connectivity index (χ1v) is 11.5. The minimum atomic E-state index is -0.710. The topological polar surface area (TPSA) is 61.8 Å². The van der Waals surface area contributed by atoms with Gasteiger partial charge in [-0.25, -0.2) is 8.78 Å². The Bertz CT molecular complexity index is 842. The van der Waals surface area contributed by atoms with Crippen LogP contribution in [-0.4, -0.2) is 54.8 Å². The highest BCUT2D eigenvalue weighted by Gasteiger charge is 2.31. The Labute approximate surface area is 200 Å². The standard InChI is InChI=1S/C22H28F2N2O.C4H9FO2/c1-5-18(8-6-7-15(2)3)16(4)26-13-17(14-26)12-25-22(27)20-11-19(23)9-10-21(20)24;5-7-4-2-1-3-6/h5-11,16-17H,12-14H2,1-4H3,(H,25,27);6H,1-4H2/b8-6-,18-5-;. The molecule has 190 valence electrons. The fourth-order valence-corrected chi connectivity index (χ4v) is 3.37. The van der Waals surface area contributed by atoms with Crippen molar-refractivity contribution in [3.8, 4) is 0 Å². The number of hydrogen-bond acceptors (Lipinski definition) is 4. The molecule has 0 bridgehead atoms. The van der Waals surface area contributed by atoms with Crippen LogP contribution in [0.1, 0.15) is 50.9 Å². The Balaban J connectivity index is 0.000000718. The molecule has 0 aromatic heterocycles. The number of rotatable bonds is 11. The minimum absolute atomic E-state index is 0.0978. The lowest BCUT2D eigenvalue weighted by atomic mass is 9.94. The monoisotopic (exact) mass is 482 g/mol. The third-order valence-electron chi connectivity index (χ3n) is 5.42.